The topological polar surface area (TPSA) is 54.1 Å². The molecule has 3 rings (SSSR count). The Bertz CT molecular complexity index is 613. The minimum Gasteiger partial charge on any atom is -0.424 e. The maximum atomic E-state index is 11.1. The van der Waals surface area contributed by atoms with Gasteiger partial charge >= 0.3 is 5.97 Å². The van der Waals surface area contributed by atoms with Gasteiger partial charge in [-0.2, -0.15) is 0 Å². The number of hydrogen-bond donors (Lipinski definition) is 2. The number of aryl methyl sites for hydroxylation is 1. The number of H-pyrrole nitrogens is 1. The van der Waals surface area contributed by atoms with E-state index in [9.17, 15) is 4.79 Å². The Labute approximate surface area is 99.0 Å². The summed E-state index contributed by atoms with van der Waals surface area (Å²) in [6.07, 6.45) is 2.97. The lowest BCUT2D eigenvalue weighted by atomic mass is 10.0. The second-order valence-corrected chi connectivity index (χ2v) is 4.39. The molecule has 0 spiro atoms. The van der Waals surface area contributed by atoms with E-state index in [0.29, 0.717) is 5.75 Å². The highest BCUT2D eigenvalue weighted by molar-refractivity contribution is 5.97. The molecule has 0 saturated heterocycles. The molecule has 4 heteroatoms. The van der Waals surface area contributed by atoms with Crippen molar-refractivity contribution in [2.24, 2.45) is 0 Å². The van der Waals surface area contributed by atoms with Gasteiger partial charge in [-0.3, -0.25) is 4.79 Å². The fourth-order valence-electron chi connectivity index (χ4n) is 2.51. The average molecular weight is 230 g/mol. The van der Waals surface area contributed by atoms with Crippen molar-refractivity contribution in [2.75, 3.05) is 11.9 Å². The van der Waals surface area contributed by atoms with Crippen LogP contribution in [0.3, 0.4) is 0 Å². The second-order valence-electron chi connectivity index (χ2n) is 4.39. The highest BCUT2D eigenvalue weighted by Gasteiger charge is 2.20. The first-order chi connectivity index (χ1) is 8.16. The van der Waals surface area contributed by atoms with Crippen molar-refractivity contribution >= 4 is 22.6 Å². The number of carbonyl (C=O) groups is 1. The number of carbonyl (C=O) groups excluding carboxylic acids is 1. The molecule has 2 N–H and O–H groups in total. The van der Waals surface area contributed by atoms with Crippen LogP contribution in [0.15, 0.2) is 12.3 Å². The van der Waals surface area contributed by atoms with Gasteiger partial charge in [0.05, 0.1) is 5.52 Å². The number of aromatic nitrogens is 1. The molecule has 2 heterocycles. The zero-order valence-corrected chi connectivity index (χ0v) is 9.89. The van der Waals surface area contributed by atoms with Gasteiger partial charge in [-0.05, 0) is 24.5 Å². The molecule has 0 radical (unpaired) electrons. The van der Waals surface area contributed by atoms with Gasteiger partial charge in [0.1, 0.15) is 0 Å². The van der Waals surface area contributed by atoms with Crippen LogP contribution in [0.4, 0.5) is 5.69 Å². The summed E-state index contributed by atoms with van der Waals surface area (Å²) in [5, 5.41) is 4.50. The van der Waals surface area contributed by atoms with Crippen LogP contribution in [0.2, 0.25) is 0 Å². The molecule has 88 valence electrons. The van der Waals surface area contributed by atoms with Crippen molar-refractivity contribution < 1.29 is 9.53 Å². The van der Waals surface area contributed by atoms with Crippen LogP contribution in [0.5, 0.6) is 5.75 Å². The van der Waals surface area contributed by atoms with E-state index in [2.05, 4.69) is 17.2 Å². The molecule has 0 saturated carbocycles. The van der Waals surface area contributed by atoms with Crippen LogP contribution in [0, 0.1) is 6.92 Å². The van der Waals surface area contributed by atoms with E-state index in [-0.39, 0.29) is 5.97 Å². The zero-order chi connectivity index (χ0) is 12.0. The smallest absolute Gasteiger partial charge is 0.308 e. The van der Waals surface area contributed by atoms with E-state index < -0.39 is 0 Å². The molecule has 0 fully saturated rings. The Morgan fingerprint density at radius 1 is 1.47 bits per heavy atom. The summed E-state index contributed by atoms with van der Waals surface area (Å²) in [5.74, 6) is 0.310. The highest BCUT2D eigenvalue weighted by Crippen LogP contribution is 2.38. The Hall–Kier alpha value is -1.97. The van der Waals surface area contributed by atoms with Gasteiger partial charge in [0.25, 0.3) is 0 Å². The minimum atomic E-state index is -0.295. The minimum absolute atomic E-state index is 0.295. The van der Waals surface area contributed by atoms with Crippen molar-refractivity contribution in [2.45, 2.75) is 20.3 Å². The molecule has 1 aliphatic heterocycles. The van der Waals surface area contributed by atoms with Gasteiger partial charge in [0, 0.05) is 36.8 Å². The number of aromatic amines is 1. The molecule has 17 heavy (non-hydrogen) atoms. The lowest BCUT2D eigenvalue weighted by molar-refractivity contribution is -0.131. The van der Waals surface area contributed by atoms with Gasteiger partial charge in [-0.15, -0.1) is 0 Å². The third-order valence-electron chi connectivity index (χ3n) is 3.17. The van der Waals surface area contributed by atoms with Crippen LogP contribution in [0.25, 0.3) is 10.9 Å². The Balaban J connectivity index is 2.30. The predicted octanol–water partition coefficient (Wildman–Crippen LogP) is 2.37. The van der Waals surface area contributed by atoms with Gasteiger partial charge in [0.2, 0.25) is 0 Å². The first kappa shape index (κ1) is 10.2. The fraction of sp³-hybridized carbons (Fsp3) is 0.308. The zero-order valence-electron chi connectivity index (χ0n) is 9.89. The summed E-state index contributed by atoms with van der Waals surface area (Å²) in [6, 6.07) is 1.90. The lowest BCUT2D eigenvalue weighted by Gasteiger charge is -2.08. The molecule has 0 bridgehead atoms. The van der Waals surface area contributed by atoms with Crippen molar-refractivity contribution in [1.82, 2.24) is 4.98 Å². The number of rotatable bonds is 1. The number of nitrogens with one attached hydrogen (secondary N) is 2. The molecule has 0 unspecified atom stereocenters. The molecular weight excluding hydrogens is 216 g/mol. The molecule has 1 aromatic heterocycles. The average Bonchev–Trinajstić information content (AvgIpc) is 2.83. The number of esters is 1. The summed E-state index contributed by atoms with van der Waals surface area (Å²) >= 11 is 0. The Morgan fingerprint density at radius 3 is 3.06 bits per heavy atom. The summed E-state index contributed by atoms with van der Waals surface area (Å²) in [5.41, 5.74) is 4.50. The van der Waals surface area contributed by atoms with E-state index in [1.54, 1.807) is 0 Å². The quantitative estimate of drug-likeness (QED) is 0.584. The number of hydrogen-bond acceptors (Lipinski definition) is 3. The van der Waals surface area contributed by atoms with E-state index in [0.717, 1.165) is 24.2 Å². The van der Waals surface area contributed by atoms with Crippen molar-refractivity contribution in [3.05, 3.63) is 23.4 Å². The molecule has 1 aliphatic rings. The van der Waals surface area contributed by atoms with Crippen molar-refractivity contribution in [1.29, 1.82) is 0 Å². The number of ether oxygens (including phenoxy) is 1. The third kappa shape index (κ3) is 1.48. The van der Waals surface area contributed by atoms with Crippen LogP contribution >= 0.6 is 0 Å². The molecule has 0 aliphatic carbocycles. The van der Waals surface area contributed by atoms with Crippen LogP contribution < -0.4 is 10.1 Å². The Morgan fingerprint density at radius 2 is 2.29 bits per heavy atom. The van der Waals surface area contributed by atoms with Crippen LogP contribution in [-0.4, -0.2) is 17.5 Å². The van der Waals surface area contributed by atoms with Gasteiger partial charge in [-0.1, -0.05) is 0 Å². The number of benzene rings is 1. The van der Waals surface area contributed by atoms with Crippen molar-refractivity contribution in [3.63, 3.8) is 0 Å². The maximum Gasteiger partial charge on any atom is 0.308 e. The van der Waals surface area contributed by atoms with Gasteiger partial charge in [-0.25, -0.2) is 0 Å². The monoisotopic (exact) mass is 230 g/mol. The lowest BCUT2D eigenvalue weighted by Crippen LogP contribution is -2.02. The standard InChI is InChI=1S/C13H14N2O2/c1-7-6-15-13-11(17-8(2)16)5-10-9(12(7)13)3-4-14-10/h5-6,14-15H,3-4H2,1-2H3. The maximum absolute atomic E-state index is 11.1. The molecule has 4 nitrogen and oxygen atoms in total. The molecule has 0 atom stereocenters. The SMILES string of the molecule is CC(=O)Oc1cc2c(c3c(C)c[nH]c13)CCN2. The van der Waals surface area contributed by atoms with Gasteiger partial charge < -0.3 is 15.0 Å². The predicted molar refractivity (Wildman–Crippen MR) is 66.5 cm³/mol. The molecule has 1 aromatic carbocycles. The van der Waals surface area contributed by atoms with Crippen LogP contribution in [0.1, 0.15) is 18.1 Å². The highest BCUT2D eigenvalue weighted by atomic mass is 16.5. The first-order valence-corrected chi connectivity index (χ1v) is 5.72. The molecular formula is C13H14N2O2. The Kier molecular flexibility index (Phi) is 2.11. The summed E-state index contributed by atoms with van der Waals surface area (Å²) in [6.45, 7) is 4.43. The third-order valence-corrected chi connectivity index (χ3v) is 3.17. The van der Waals surface area contributed by atoms with E-state index in [1.165, 1.54) is 23.4 Å². The van der Waals surface area contributed by atoms with E-state index in [4.69, 9.17) is 4.74 Å². The normalized spacial score (nSPS) is 13.5. The summed E-state index contributed by atoms with van der Waals surface area (Å²) < 4.78 is 5.26. The molecule has 0 amide bonds. The van der Waals surface area contributed by atoms with E-state index >= 15 is 0 Å². The van der Waals surface area contributed by atoms with Gasteiger partial charge in [0.15, 0.2) is 5.75 Å². The van der Waals surface area contributed by atoms with Crippen molar-refractivity contribution in [3.8, 4) is 5.75 Å². The summed E-state index contributed by atoms with van der Waals surface area (Å²) in [4.78, 5) is 14.3. The van der Waals surface area contributed by atoms with E-state index in [1.807, 2.05) is 12.3 Å². The summed E-state index contributed by atoms with van der Waals surface area (Å²) in [7, 11) is 0. The van der Waals surface area contributed by atoms with Crippen LogP contribution in [-0.2, 0) is 11.2 Å². The largest absolute Gasteiger partial charge is 0.424 e. The molecule has 2 aromatic rings. The fourth-order valence-corrected chi connectivity index (χ4v) is 2.51. The second kappa shape index (κ2) is 3.52. The number of anilines is 1. The number of fused-ring (bicyclic) bond motifs is 3. The first-order valence-electron chi connectivity index (χ1n) is 5.72.